The molecule has 2 unspecified atom stereocenters. The summed E-state index contributed by atoms with van der Waals surface area (Å²) in [7, 11) is 0. The molecule has 1 heteroatoms. The van der Waals surface area contributed by atoms with Crippen molar-refractivity contribution in [1.29, 1.82) is 0 Å². The summed E-state index contributed by atoms with van der Waals surface area (Å²) in [5.74, 6) is 0.399. The van der Waals surface area contributed by atoms with E-state index in [9.17, 15) is 5.11 Å². The van der Waals surface area contributed by atoms with Crippen LogP contribution in [0, 0.1) is 11.3 Å². The van der Waals surface area contributed by atoms with Crippen LogP contribution in [0.15, 0.2) is 59.8 Å². The Morgan fingerprint density at radius 2 is 2.10 bits per heavy atom. The zero-order valence-corrected chi connectivity index (χ0v) is 14.2. The summed E-state index contributed by atoms with van der Waals surface area (Å²) >= 11 is 0. The van der Waals surface area contributed by atoms with Gasteiger partial charge in [0.25, 0.3) is 0 Å². The van der Waals surface area contributed by atoms with Crippen LogP contribution >= 0.6 is 0 Å². The van der Waals surface area contributed by atoms with Gasteiger partial charge in [0, 0.05) is 0 Å². The van der Waals surface area contributed by atoms with Gasteiger partial charge in [-0.1, -0.05) is 62.8 Å². The summed E-state index contributed by atoms with van der Waals surface area (Å²) in [6.45, 7) is 14.5. The Bertz CT molecular complexity index is 486. The zero-order valence-electron chi connectivity index (χ0n) is 14.2. The molecule has 0 radical (unpaired) electrons. The predicted molar refractivity (Wildman–Crippen MR) is 93.1 cm³/mol. The molecule has 0 saturated heterocycles. The van der Waals surface area contributed by atoms with E-state index in [4.69, 9.17) is 0 Å². The quantitative estimate of drug-likeness (QED) is 0.532. The molecule has 1 nitrogen and oxygen atoms in total. The van der Waals surface area contributed by atoms with Crippen LogP contribution in [-0.2, 0) is 0 Å². The molecule has 0 aliphatic heterocycles. The van der Waals surface area contributed by atoms with Gasteiger partial charge < -0.3 is 5.11 Å². The van der Waals surface area contributed by atoms with Gasteiger partial charge in [-0.2, -0.15) is 0 Å². The number of aliphatic hydroxyl groups excluding tert-OH is 1. The van der Waals surface area contributed by atoms with Crippen molar-refractivity contribution >= 4 is 0 Å². The highest BCUT2D eigenvalue weighted by molar-refractivity contribution is 5.38. The SMILES string of the molecule is C=CC(C)/C=C/C=C(C)/C=C/C1=C(C)C(O)CCC1(C)C. The Morgan fingerprint density at radius 3 is 2.71 bits per heavy atom. The first kappa shape index (κ1) is 17.7. The Labute approximate surface area is 130 Å². The molecule has 1 N–H and O–H groups in total. The Morgan fingerprint density at radius 1 is 1.43 bits per heavy atom. The molecule has 1 aliphatic carbocycles. The van der Waals surface area contributed by atoms with Gasteiger partial charge in [-0.05, 0) is 49.2 Å². The maximum atomic E-state index is 10.0. The number of hydrogen-bond acceptors (Lipinski definition) is 1. The largest absolute Gasteiger partial charge is 0.389 e. The van der Waals surface area contributed by atoms with Crippen LogP contribution in [0.4, 0.5) is 0 Å². The summed E-state index contributed by atoms with van der Waals surface area (Å²) in [5.41, 5.74) is 3.75. The van der Waals surface area contributed by atoms with E-state index in [0.717, 1.165) is 18.4 Å². The van der Waals surface area contributed by atoms with Crippen molar-refractivity contribution in [2.24, 2.45) is 11.3 Å². The molecule has 0 spiro atoms. The molecular formula is C20H30O. The predicted octanol–water partition coefficient (Wildman–Crippen LogP) is 5.36. The van der Waals surface area contributed by atoms with Gasteiger partial charge in [-0.15, -0.1) is 6.58 Å². The lowest BCUT2D eigenvalue weighted by Crippen LogP contribution is -2.27. The molecule has 1 aliphatic rings. The van der Waals surface area contributed by atoms with Gasteiger partial charge in [0.1, 0.15) is 0 Å². The fourth-order valence-corrected chi connectivity index (χ4v) is 2.65. The van der Waals surface area contributed by atoms with E-state index in [1.54, 1.807) is 0 Å². The van der Waals surface area contributed by atoms with E-state index in [0.29, 0.717) is 5.92 Å². The fraction of sp³-hybridized carbons (Fsp3) is 0.500. The lowest BCUT2D eigenvalue weighted by Gasteiger charge is -2.35. The molecule has 0 aromatic carbocycles. The summed E-state index contributed by atoms with van der Waals surface area (Å²) in [5, 5.41) is 10.0. The first-order chi connectivity index (χ1) is 9.77. The highest BCUT2D eigenvalue weighted by Gasteiger charge is 2.30. The number of rotatable bonds is 5. The third-order valence-electron chi connectivity index (χ3n) is 4.36. The Hall–Kier alpha value is -1.34. The Kier molecular flexibility index (Phi) is 6.42. The van der Waals surface area contributed by atoms with Gasteiger partial charge in [0.2, 0.25) is 0 Å². The zero-order chi connectivity index (χ0) is 16.0. The van der Waals surface area contributed by atoms with Crippen LogP contribution in [0.3, 0.4) is 0 Å². The van der Waals surface area contributed by atoms with Gasteiger partial charge in [0.15, 0.2) is 0 Å². The van der Waals surface area contributed by atoms with E-state index < -0.39 is 0 Å². The number of allylic oxidation sites excluding steroid dienone is 8. The molecule has 0 heterocycles. The van der Waals surface area contributed by atoms with Crippen molar-refractivity contribution in [2.75, 3.05) is 0 Å². The van der Waals surface area contributed by atoms with Crippen molar-refractivity contribution in [3.8, 4) is 0 Å². The second kappa shape index (κ2) is 7.61. The van der Waals surface area contributed by atoms with Crippen LogP contribution in [-0.4, -0.2) is 11.2 Å². The molecular weight excluding hydrogens is 256 g/mol. The molecule has 0 amide bonds. The lowest BCUT2D eigenvalue weighted by molar-refractivity contribution is 0.163. The summed E-state index contributed by atoms with van der Waals surface area (Å²) in [6, 6.07) is 0. The first-order valence-electron chi connectivity index (χ1n) is 7.83. The fourth-order valence-electron chi connectivity index (χ4n) is 2.65. The minimum absolute atomic E-state index is 0.146. The van der Waals surface area contributed by atoms with Crippen LogP contribution < -0.4 is 0 Å². The molecule has 21 heavy (non-hydrogen) atoms. The summed E-state index contributed by atoms with van der Waals surface area (Å²) in [6.07, 6.45) is 14.2. The van der Waals surface area contributed by atoms with E-state index in [1.807, 2.05) is 6.08 Å². The standard InChI is InChI=1S/C20H30O/c1-7-15(2)9-8-10-16(3)11-12-18-17(4)19(21)13-14-20(18,5)6/h7-12,15,19,21H,1,13-14H2,2-6H3/b9-8+,12-11+,16-10+. The average molecular weight is 286 g/mol. The smallest absolute Gasteiger partial charge is 0.0753 e. The van der Waals surface area contributed by atoms with E-state index in [1.165, 1.54) is 11.1 Å². The minimum Gasteiger partial charge on any atom is -0.389 e. The van der Waals surface area contributed by atoms with Crippen molar-refractivity contribution < 1.29 is 5.11 Å². The minimum atomic E-state index is -0.282. The van der Waals surface area contributed by atoms with E-state index in [2.05, 4.69) is 71.6 Å². The third kappa shape index (κ3) is 5.17. The van der Waals surface area contributed by atoms with Crippen LogP contribution in [0.2, 0.25) is 0 Å². The second-order valence-corrected chi connectivity index (χ2v) is 6.76. The number of hydrogen-bond donors (Lipinski definition) is 1. The maximum absolute atomic E-state index is 10.0. The van der Waals surface area contributed by atoms with Crippen molar-refractivity contribution in [3.05, 3.63) is 59.8 Å². The van der Waals surface area contributed by atoms with Gasteiger partial charge in [-0.25, -0.2) is 0 Å². The van der Waals surface area contributed by atoms with Crippen molar-refractivity contribution in [1.82, 2.24) is 0 Å². The molecule has 0 fully saturated rings. The number of aliphatic hydroxyl groups is 1. The molecule has 0 aromatic rings. The van der Waals surface area contributed by atoms with E-state index >= 15 is 0 Å². The highest BCUT2D eigenvalue weighted by atomic mass is 16.3. The molecule has 2 atom stereocenters. The average Bonchev–Trinajstić information content (AvgIpc) is 2.43. The van der Waals surface area contributed by atoms with E-state index in [-0.39, 0.29) is 11.5 Å². The van der Waals surface area contributed by atoms with Crippen LogP contribution in [0.5, 0.6) is 0 Å². The monoisotopic (exact) mass is 286 g/mol. The maximum Gasteiger partial charge on any atom is 0.0753 e. The third-order valence-corrected chi connectivity index (χ3v) is 4.36. The van der Waals surface area contributed by atoms with Gasteiger partial charge in [-0.3, -0.25) is 0 Å². The summed E-state index contributed by atoms with van der Waals surface area (Å²) in [4.78, 5) is 0. The van der Waals surface area contributed by atoms with Gasteiger partial charge in [0.05, 0.1) is 6.10 Å². The first-order valence-corrected chi connectivity index (χ1v) is 7.83. The Balaban J connectivity index is 2.87. The lowest BCUT2D eigenvalue weighted by atomic mass is 9.71. The molecule has 0 aromatic heterocycles. The van der Waals surface area contributed by atoms with Crippen molar-refractivity contribution in [3.63, 3.8) is 0 Å². The van der Waals surface area contributed by atoms with Crippen molar-refractivity contribution in [2.45, 2.75) is 53.6 Å². The summed E-state index contributed by atoms with van der Waals surface area (Å²) < 4.78 is 0. The topological polar surface area (TPSA) is 20.2 Å². The molecule has 1 rings (SSSR count). The highest BCUT2D eigenvalue weighted by Crippen LogP contribution is 2.40. The normalized spacial score (nSPS) is 24.9. The molecule has 116 valence electrons. The van der Waals surface area contributed by atoms with Crippen LogP contribution in [0.1, 0.15) is 47.5 Å². The molecule has 0 bridgehead atoms. The second-order valence-electron chi connectivity index (χ2n) is 6.76. The van der Waals surface area contributed by atoms with Gasteiger partial charge >= 0.3 is 0 Å². The van der Waals surface area contributed by atoms with Crippen LogP contribution in [0.25, 0.3) is 0 Å². The molecule has 0 saturated carbocycles.